The topological polar surface area (TPSA) is 89.7 Å². The maximum Gasteiger partial charge on any atom is 0.255 e. The van der Waals surface area contributed by atoms with Gasteiger partial charge in [0.05, 0.1) is 32.4 Å². The number of rotatable bonds is 6. The molecule has 0 aliphatic carbocycles. The number of nitrogens with one attached hydrogen (secondary N) is 1. The molecule has 0 bridgehead atoms. The standard InChI is InChI=1S/C21H22N4O4/c1-27-18-4-2-3-15(11-18)19-12-17(24-29-19)14-23-20-6-5-16(13-22-20)21(26)25-7-9-28-10-8-25/h2-6,11-13H,7-10,14H2,1H3,(H,22,23). The fourth-order valence-corrected chi connectivity index (χ4v) is 3.06. The molecule has 1 aliphatic rings. The van der Waals surface area contributed by atoms with E-state index in [9.17, 15) is 4.79 Å². The molecule has 1 N–H and O–H groups in total. The number of pyridine rings is 1. The van der Waals surface area contributed by atoms with Crippen LogP contribution < -0.4 is 10.1 Å². The second-order valence-corrected chi connectivity index (χ2v) is 6.60. The molecule has 29 heavy (non-hydrogen) atoms. The summed E-state index contributed by atoms with van der Waals surface area (Å²) in [7, 11) is 1.63. The van der Waals surface area contributed by atoms with Crippen LogP contribution in [0.15, 0.2) is 53.2 Å². The number of nitrogens with zero attached hydrogens (tertiary/aromatic N) is 3. The molecule has 4 rings (SSSR count). The summed E-state index contributed by atoms with van der Waals surface area (Å²) in [5, 5.41) is 7.28. The molecule has 0 spiro atoms. The lowest BCUT2D eigenvalue weighted by molar-refractivity contribution is 0.0302. The first kappa shape index (κ1) is 18.9. The first-order chi connectivity index (χ1) is 14.2. The Labute approximate surface area is 168 Å². The lowest BCUT2D eigenvalue weighted by Crippen LogP contribution is -2.40. The molecular weight excluding hydrogens is 372 g/mol. The molecule has 0 saturated carbocycles. The minimum atomic E-state index is -0.0215. The number of aromatic nitrogens is 2. The van der Waals surface area contributed by atoms with Gasteiger partial charge in [0, 0.05) is 30.9 Å². The van der Waals surface area contributed by atoms with E-state index in [1.807, 2.05) is 30.3 Å². The van der Waals surface area contributed by atoms with E-state index in [4.69, 9.17) is 14.0 Å². The minimum Gasteiger partial charge on any atom is -0.497 e. The number of benzene rings is 1. The molecule has 1 amide bonds. The first-order valence-electron chi connectivity index (χ1n) is 9.40. The van der Waals surface area contributed by atoms with Crippen LogP contribution in [0, 0.1) is 0 Å². The van der Waals surface area contributed by atoms with E-state index in [1.54, 1.807) is 30.3 Å². The third kappa shape index (κ3) is 4.55. The van der Waals surface area contributed by atoms with Gasteiger partial charge in [0.25, 0.3) is 5.91 Å². The number of methoxy groups -OCH3 is 1. The number of amides is 1. The van der Waals surface area contributed by atoms with Crippen LogP contribution in [-0.4, -0.2) is 54.4 Å². The van der Waals surface area contributed by atoms with Crippen molar-refractivity contribution in [3.8, 4) is 17.1 Å². The van der Waals surface area contributed by atoms with Crippen molar-refractivity contribution in [2.45, 2.75) is 6.54 Å². The van der Waals surface area contributed by atoms with Crippen LogP contribution in [0.2, 0.25) is 0 Å². The van der Waals surface area contributed by atoms with E-state index in [0.717, 1.165) is 17.0 Å². The number of hydrogen-bond acceptors (Lipinski definition) is 7. The van der Waals surface area contributed by atoms with Gasteiger partial charge in [-0.1, -0.05) is 17.3 Å². The molecule has 3 aromatic rings. The van der Waals surface area contributed by atoms with Crippen molar-refractivity contribution in [2.75, 3.05) is 38.7 Å². The van der Waals surface area contributed by atoms with Crippen LogP contribution in [0.25, 0.3) is 11.3 Å². The van der Waals surface area contributed by atoms with Crippen molar-refractivity contribution in [1.29, 1.82) is 0 Å². The van der Waals surface area contributed by atoms with Crippen LogP contribution in [0.1, 0.15) is 16.1 Å². The van der Waals surface area contributed by atoms with Gasteiger partial charge in [0.15, 0.2) is 5.76 Å². The first-order valence-corrected chi connectivity index (χ1v) is 9.40. The molecule has 1 fully saturated rings. The van der Waals surface area contributed by atoms with Crippen LogP contribution in [0.5, 0.6) is 5.75 Å². The Morgan fingerprint density at radius 2 is 2.07 bits per heavy atom. The predicted octanol–water partition coefficient (Wildman–Crippen LogP) is 2.83. The third-order valence-electron chi connectivity index (χ3n) is 4.67. The summed E-state index contributed by atoms with van der Waals surface area (Å²) < 4.78 is 15.9. The molecule has 2 aromatic heterocycles. The minimum absolute atomic E-state index is 0.0215. The van der Waals surface area contributed by atoms with Gasteiger partial charge in [-0.3, -0.25) is 4.79 Å². The normalized spacial score (nSPS) is 13.9. The molecule has 0 unspecified atom stereocenters. The third-order valence-corrected chi connectivity index (χ3v) is 4.67. The maximum absolute atomic E-state index is 12.5. The summed E-state index contributed by atoms with van der Waals surface area (Å²) in [6, 6.07) is 13.0. The zero-order valence-electron chi connectivity index (χ0n) is 16.1. The van der Waals surface area contributed by atoms with Gasteiger partial charge in [0.1, 0.15) is 17.3 Å². The van der Waals surface area contributed by atoms with Crippen molar-refractivity contribution in [1.82, 2.24) is 15.0 Å². The Morgan fingerprint density at radius 3 is 2.83 bits per heavy atom. The van der Waals surface area contributed by atoms with E-state index in [-0.39, 0.29) is 5.91 Å². The quantitative estimate of drug-likeness (QED) is 0.687. The maximum atomic E-state index is 12.5. The summed E-state index contributed by atoms with van der Waals surface area (Å²) in [6.45, 7) is 2.83. The van der Waals surface area contributed by atoms with Gasteiger partial charge in [-0.25, -0.2) is 4.98 Å². The van der Waals surface area contributed by atoms with Crippen molar-refractivity contribution in [3.63, 3.8) is 0 Å². The SMILES string of the molecule is COc1cccc(-c2cc(CNc3ccc(C(=O)N4CCOCC4)cn3)no2)c1. The number of carbonyl (C=O) groups excluding carboxylic acids is 1. The molecule has 0 atom stereocenters. The summed E-state index contributed by atoms with van der Waals surface area (Å²) in [5.41, 5.74) is 2.21. The van der Waals surface area contributed by atoms with E-state index >= 15 is 0 Å². The van der Waals surface area contributed by atoms with E-state index < -0.39 is 0 Å². The fourth-order valence-electron chi connectivity index (χ4n) is 3.06. The number of morpholine rings is 1. The summed E-state index contributed by atoms with van der Waals surface area (Å²) in [5.74, 6) is 2.07. The van der Waals surface area contributed by atoms with Gasteiger partial charge in [-0.05, 0) is 24.3 Å². The van der Waals surface area contributed by atoms with Gasteiger partial charge in [-0.15, -0.1) is 0 Å². The van der Waals surface area contributed by atoms with Crippen LogP contribution >= 0.6 is 0 Å². The van der Waals surface area contributed by atoms with Crippen molar-refractivity contribution < 1.29 is 18.8 Å². The molecule has 3 heterocycles. The Balaban J connectivity index is 1.36. The Bertz CT molecular complexity index is 965. The molecule has 1 aliphatic heterocycles. The van der Waals surface area contributed by atoms with Crippen LogP contribution in [0.4, 0.5) is 5.82 Å². The summed E-state index contributed by atoms with van der Waals surface area (Å²) in [4.78, 5) is 18.6. The average Bonchev–Trinajstić information content (AvgIpc) is 3.27. The molecule has 1 aromatic carbocycles. The van der Waals surface area contributed by atoms with E-state index in [2.05, 4.69) is 15.5 Å². The summed E-state index contributed by atoms with van der Waals surface area (Å²) >= 11 is 0. The molecule has 1 saturated heterocycles. The van der Waals surface area contributed by atoms with E-state index in [1.165, 1.54) is 0 Å². The molecule has 8 nitrogen and oxygen atoms in total. The Hall–Kier alpha value is -3.39. The lowest BCUT2D eigenvalue weighted by Gasteiger charge is -2.26. The Kier molecular flexibility index (Phi) is 5.71. The largest absolute Gasteiger partial charge is 0.497 e. The Morgan fingerprint density at radius 1 is 1.21 bits per heavy atom. The number of anilines is 1. The smallest absolute Gasteiger partial charge is 0.255 e. The van der Waals surface area contributed by atoms with E-state index in [0.29, 0.717) is 50.0 Å². The van der Waals surface area contributed by atoms with Crippen molar-refractivity contribution in [2.24, 2.45) is 0 Å². The zero-order chi connectivity index (χ0) is 20.1. The van der Waals surface area contributed by atoms with Crippen LogP contribution in [0.3, 0.4) is 0 Å². The number of hydrogen-bond donors (Lipinski definition) is 1. The highest BCUT2D eigenvalue weighted by atomic mass is 16.5. The highest BCUT2D eigenvalue weighted by Crippen LogP contribution is 2.24. The van der Waals surface area contributed by atoms with Gasteiger partial charge in [0.2, 0.25) is 0 Å². The molecule has 8 heteroatoms. The number of ether oxygens (including phenoxy) is 2. The van der Waals surface area contributed by atoms with Gasteiger partial charge < -0.3 is 24.2 Å². The summed E-state index contributed by atoms with van der Waals surface area (Å²) in [6.07, 6.45) is 1.59. The predicted molar refractivity (Wildman–Crippen MR) is 107 cm³/mol. The van der Waals surface area contributed by atoms with Gasteiger partial charge in [-0.2, -0.15) is 0 Å². The molecule has 150 valence electrons. The van der Waals surface area contributed by atoms with Crippen molar-refractivity contribution >= 4 is 11.7 Å². The van der Waals surface area contributed by atoms with Crippen LogP contribution in [-0.2, 0) is 11.3 Å². The second kappa shape index (κ2) is 8.74. The molecular formula is C21H22N4O4. The lowest BCUT2D eigenvalue weighted by atomic mass is 10.1. The van der Waals surface area contributed by atoms with Crippen molar-refractivity contribution in [3.05, 3.63) is 59.9 Å². The average molecular weight is 394 g/mol. The monoisotopic (exact) mass is 394 g/mol. The second-order valence-electron chi connectivity index (χ2n) is 6.60. The highest BCUT2D eigenvalue weighted by molar-refractivity contribution is 5.94. The fraction of sp³-hybridized carbons (Fsp3) is 0.286. The highest BCUT2D eigenvalue weighted by Gasteiger charge is 2.18. The van der Waals surface area contributed by atoms with Gasteiger partial charge >= 0.3 is 0 Å². The molecule has 0 radical (unpaired) electrons. The number of carbonyl (C=O) groups is 1. The zero-order valence-corrected chi connectivity index (χ0v) is 16.1.